The zero-order chi connectivity index (χ0) is 19.3. The Hall–Kier alpha value is -2.89. The Morgan fingerprint density at radius 1 is 1.14 bits per heavy atom. The number of carbonyl (C=O) groups is 2. The highest BCUT2D eigenvalue weighted by Crippen LogP contribution is 2.29. The first kappa shape index (κ1) is 18.5. The largest absolute Gasteiger partial charge is 0.477 e. The van der Waals surface area contributed by atoms with Crippen LogP contribution in [0.3, 0.4) is 0 Å². The smallest absolute Gasteiger partial charge is 0.225 e. The van der Waals surface area contributed by atoms with Crippen molar-refractivity contribution in [2.75, 3.05) is 13.2 Å². The molecular weight excluding hydrogens is 354 g/mol. The van der Waals surface area contributed by atoms with Crippen LogP contribution >= 0.6 is 0 Å². The normalized spacial score (nSPS) is 18.9. The third-order valence-corrected chi connectivity index (χ3v) is 5.23. The summed E-state index contributed by atoms with van der Waals surface area (Å²) < 4.78 is 5.62. The van der Waals surface area contributed by atoms with E-state index < -0.39 is 0 Å². The molecule has 0 spiro atoms. The van der Waals surface area contributed by atoms with E-state index in [2.05, 4.69) is 10.3 Å². The first-order valence-electron chi connectivity index (χ1n) is 9.84. The van der Waals surface area contributed by atoms with E-state index in [0.29, 0.717) is 31.4 Å². The average molecular weight is 379 g/mol. The van der Waals surface area contributed by atoms with Gasteiger partial charge in [0.1, 0.15) is 0 Å². The molecule has 1 N–H and O–H groups in total. The molecule has 1 aromatic carbocycles. The number of nitrogens with one attached hydrogen (secondary N) is 1. The van der Waals surface area contributed by atoms with Crippen molar-refractivity contribution in [2.24, 2.45) is 11.8 Å². The molecule has 1 saturated heterocycles. The van der Waals surface area contributed by atoms with Gasteiger partial charge in [-0.1, -0.05) is 36.4 Å². The van der Waals surface area contributed by atoms with Crippen LogP contribution in [0.5, 0.6) is 5.88 Å². The van der Waals surface area contributed by atoms with E-state index >= 15 is 0 Å². The second-order valence-corrected chi connectivity index (χ2v) is 7.64. The van der Waals surface area contributed by atoms with Crippen LogP contribution in [0.1, 0.15) is 30.4 Å². The van der Waals surface area contributed by atoms with Gasteiger partial charge in [0.05, 0.1) is 12.5 Å². The Balaban J connectivity index is 1.24. The molecular formula is C22H25N3O3. The third kappa shape index (κ3) is 4.88. The molecule has 1 aliphatic heterocycles. The summed E-state index contributed by atoms with van der Waals surface area (Å²) >= 11 is 0. The Morgan fingerprint density at radius 2 is 1.96 bits per heavy atom. The number of likely N-dealkylation sites (tertiary alicyclic amines) is 1. The summed E-state index contributed by atoms with van der Waals surface area (Å²) in [7, 11) is 0. The predicted octanol–water partition coefficient (Wildman–Crippen LogP) is 2.54. The zero-order valence-corrected chi connectivity index (χ0v) is 15.8. The molecule has 6 nitrogen and oxygen atoms in total. The van der Waals surface area contributed by atoms with Crippen LogP contribution in [0.15, 0.2) is 48.7 Å². The van der Waals surface area contributed by atoms with Gasteiger partial charge >= 0.3 is 0 Å². The molecule has 1 aliphatic carbocycles. The van der Waals surface area contributed by atoms with Crippen LogP contribution in [0.25, 0.3) is 0 Å². The lowest BCUT2D eigenvalue weighted by Gasteiger charge is -2.16. The maximum atomic E-state index is 12.5. The number of carbonyl (C=O) groups excluding carboxylic acids is 2. The van der Waals surface area contributed by atoms with E-state index in [9.17, 15) is 9.59 Å². The molecule has 6 heteroatoms. The highest BCUT2D eigenvalue weighted by atomic mass is 16.5. The number of benzene rings is 1. The predicted molar refractivity (Wildman–Crippen MR) is 104 cm³/mol. The number of nitrogens with zero attached hydrogens (tertiary/aromatic N) is 2. The monoisotopic (exact) mass is 379 g/mol. The molecule has 146 valence electrons. The van der Waals surface area contributed by atoms with Crippen LogP contribution in [0, 0.1) is 11.8 Å². The summed E-state index contributed by atoms with van der Waals surface area (Å²) in [6, 6.07) is 13.6. The number of hydrogen-bond donors (Lipinski definition) is 1. The van der Waals surface area contributed by atoms with Crippen molar-refractivity contribution >= 4 is 11.8 Å². The van der Waals surface area contributed by atoms with Crippen molar-refractivity contribution in [3.63, 3.8) is 0 Å². The van der Waals surface area contributed by atoms with Gasteiger partial charge in [0, 0.05) is 38.3 Å². The van der Waals surface area contributed by atoms with Crippen LogP contribution in [-0.4, -0.2) is 34.8 Å². The third-order valence-electron chi connectivity index (χ3n) is 5.23. The number of hydrogen-bond acceptors (Lipinski definition) is 4. The molecule has 2 fully saturated rings. The summed E-state index contributed by atoms with van der Waals surface area (Å²) in [6.07, 6.45) is 4.49. The summed E-state index contributed by atoms with van der Waals surface area (Å²) in [5, 5.41) is 2.93. The van der Waals surface area contributed by atoms with Gasteiger partial charge in [0.2, 0.25) is 17.7 Å². The highest BCUT2D eigenvalue weighted by molar-refractivity contribution is 5.89. The van der Waals surface area contributed by atoms with Gasteiger partial charge in [-0.05, 0) is 29.9 Å². The fraction of sp³-hybridized carbons (Fsp3) is 0.409. The van der Waals surface area contributed by atoms with Gasteiger partial charge < -0.3 is 15.0 Å². The number of amides is 2. The summed E-state index contributed by atoms with van der Waals surface area (Å²) in [4.78, 5) is 30.8. The molecule has 4 rings (SSSR count). The van der Waals surface area contributed by atoms with Gasteiger partial charge in [0.25, 0.3) is 0 Å². The SMILES string of the molecule is O=C(NCc1ccc(OCC2CC2)nc1)C1CC(=O)N(Cc2ccccc2)C1. The standard InChI is InChI=1S/C22H25N3O3/c26-21-10-19(14-25(21)13-16-4-2-1-3-5-16)22(27)24-12-18-8-9-20(23-11-18)28-15-17-6-7-17/h1-5,8-9,11,17,19H,6-7,10,12-15H2,(H,24,27). The molecule has 2 aromatic rings. The van der Waals surface area contributed by atoms with Crippen LogP contribution in [0.4, 0.5) is 0 Å². The van der Waals surface area contributed by atoms with Gasteiger partial charge in [-0.25, -0.2) is 4.98 Å². The van der Waals surface area contributed by atoms with Crippen molar-refractivity contribution in [1.29, 1.82) is 0 Å². The fourth-order valence-electron chi connectivity index (χ4n) is 3.33. The van der Waals surface area contributed by atoms with E-state index in [1.54, 1.807) is 11.1 Å². The molecule has 1 atom stereocenters. The maximum absolute atomic E-state index is 12.5. The lowest BCUT2D eigenvalue weighted by molar-refractivity contribution is -0.129. The zero-order valence-electron chi connectivity index (χ0n) is 15.8. The molecule has 1 unspecified atom stereocenters. The second-order valence-electron chi connectivity index (χ2n) is 7.64. The Kier molecular flexibility index (Phi) is 5.55. The quantitative estimate of drug-likeness (QED) is 0.765. The molecule has 28 heavy (non-hydrogen) atoms. The molecule has 0 bridgehead atoms. The summed E-state index contributed by atoms with van der Waals surface area (Å²) in [5.41, 5.74) is 1.99. The minimum Gasteiger partial charge on any atom is -0.477 e. The molecule has 2 aliphatic rings. The summed E-state index contributed by atoms with van der Waals surface area (Å²) in [5.74, 6) is 0.961. The van der Waals surface area contributed by atoms with Gasteiger partial charge in [-0.2, -0.15) is 0 Å². The number of pyridine rings is 1. The van der Waals surface area contributed by atoms with Crippen LogP contribution < -0.4 is 10.1 Å². The van der Waals surface area contributed by atoms with Gasteiger partial charge in [0.15, 0.2) is 0 Å². The van der Waals surface area contributed by atoms with E-state index in [4.69, 9.17) is 4.74 Å². The topological polar surface area (TPSA) is 71.5 Å². The van der Waals surface area contributed by atoms with Crippen molar-refractivity contribution in [3.05, 3.63) is 59.8 Å². The van der Waals surface area contributed by atoms with Crippen molar-refractivity contribution < 1.29 is 14.3 Å². The molecule has 0 radical (unpaired) electrons. The van der Waals surface area contributed by atoms with Crippen molar-refractivity contribution in [1.82, 2.24) is 15.2 Å². The van der Waals surface area contributed by atoms with E-state index in [1.165, 1.54) is 12.8 Å². The minimum atomic E-state index is -0.301. The van der Waals surface area contributed by atoms with Crippen LogP contribution in [-0.2, 0) is 22.7 Å². The molecule has 2 amide bonds. The number of aromatic nitrogens is 1. The summed E-state index contributed by atoms with van der Waals surface area (Å²) in [6.45, 7) is 2.15. The molecule has 1 saturated carbocycles. The lowest BCUT2D eigenvalue weighted by Crippen LogP contribution is -2.32. The maximum Gasteiger partial charge on any atom is 0.225 e. The Labute approximate surface area is 164 Å². The number of rotatable bonds is 8. The Morgan fingerprint density at radius 3 is 2.68 bits per heavy atom. The van der Waals surface area contributed by atoms with Gasteiger partial charge in [-0.15, -0.1) is 0 Å². The average Bonchev–Trinajstić information content (AvgIpc) is 3.48. The second kappa shape index (κ2) is 8.42. The molecule has 1 aromatic heterocycles. The van der Waals surface area contributed by atoms with Gasteiger partial charge in [-0.3, -0.25) is 9.59 Å². The van der Waals surface area contributed by atoms with E-state index in [0.717, 1.165) is 17.7 Å². The minimum absolute atomic E-state index is 0.0304. The van der Waals surface area contributed by atoms with E-state index in [-0.39, 0.29) is 24.2 Å². The number of ether oxygens (including phenoxy) is 1. The van der Waals surface area contributed by atoms with Crippen molar-refractivity contribution in [3.8, 4) is 5.88 Å². The van der Waals surface area contributed by atoms with E-state index in [1.807, 2.05) is 42.5 Å². The highest BCUT2D eigenvalue weighted by Gasteiger charge is 2.34. The molecule has 2 heterocycles. The first-order chi connectivity index (χ1) is 13.7. The first-order valence-corrected chi connectivity index (χ1v) is 9.84. The fourth-order valence-corrected chi connectivity index (χ4v) is 3.33. The lowest BCUT2D eigenvalue weighted by atomic mass is 10.1. The van der Waals surface area contributed by atoms with Crippen LogP contribution in [0.2, 0.25) is 0 Å². The Bertz CT molecular complexity index is 819. The van der Waals surface area contributed by atoms with Crippen molar-refractivity contribution in [2.45, 2.75) is 32.4 Å².